The summed E-state index contributed by atoms with van der Waals surface area (Å²) in [5.41, 5.74) is 2.79. The Bertz CT molecular complexity index is 1160. The van der Waals surface area contributed by atoms with E-state index >= 15 is 0 Å². The summed E-state index contributed by atoms with van der Waals surface area (Å²) in [5.74, 6) is 0.926. The SMILES string of the molecule is COc1ccc(C2=NN(C(=O)c3ccccc3Cl)[C@H](c3ccccc3Cl)C2)cc1OC. The van der Waals surface area contributed by atoms with Crippen molar-refractivity contribution in [1.29, 1.82) is 0 Å². The Labute approximate surface area is 190 Å². The second-order valence-electron chi connectivity index (χ2n) is 6.99. The normalized spacial score (nSPS) is 15.5. The molecular weight excluding hydrogens is 435 g/mol. The molecule has 4 rings (SSSR count). The molecule has 3 aromatic carbocycles. The van der Waals surface area contributed by atoms with Crippen molar-refractivity contribution in [2.45, 2.75) is 12.5 Å². The van der Waals surface area contributed by atoms with Crippen LogP contribution in [0.3, 0.4) is 0 Å². The van der Waals surface area contributed by atoms with Gasteiger partial charge in [0.25, 0.3) is 5.91 Å². The number of carbonyl (C=O) groups excluding carboxylic acids is 1. The van der Waals surface area contributed by atoms with Gasteiger partial charge in [-0.1, -0.05) is 53.5 Å². The van der Waals surface area contributed by atoms with Crippen molar-refractivity contribution in [2.24, 2.45) is 5.10 Å². The number of rotatable bonds is 5. The van der Waals surface area contributed by atoms with Crippen molar-refractivity contribution in [3.8, 4) is 11.5 Å². The first kappa shape index (κ1) is 21.2. The highest BCUT2D eigenvalue weighted by Crippen LogP contribution is 2.39. The largest absolute Gasteiger partial charge is 0.493 e. The number of nitrogens with zero attached hydrogens (tertiary/aromatic N) is 2. The van der Waals surface area contributed by atoms with Gasteiger partial charge in [-0.2, -0.15) is 5.10 Å². The van der Waals surface area contributed by atoms with E-state index in [1.54, 1.807) is 38.5 Å². The van der Waals surface area contributed by atoms with Crippen molar-refractivity contribution in [3.05, 3.63) is 93.5 Å². The summed E-state index contributed by atoms with van der Waals surface area (Å²) >= 11 is 12.8. The van der Waals surface area contributed by atoms with Gasteiger partial charge in [0.1, 0.15) is 0 Å². The Morgan fingerprint density at radius 3 is 2.29 bits per heavy atom. The van der Waals surface area contributed by atoms with Gasteiger partial charge in [-0.3, -0.25) is 4.79 Å². The van der Waals surface area contributed by atoms with Crippen molar-refractivity contribution in [1.82, 2.24) is 5.01 Å². The van der Waals surface area contributed by atoms with Gasteiger partial charge in [0, 0.05) is 17.0 Å². The van der Waals surface area contributed by atoms with Crippen LogP contribution in [0.4, 0.5) is 0 Å². The van der Waals surface area contributed by atoms with E-state index in [4.69, 9.17) is 37.8 Å². The molecule has 7 heteroatoms. The standard InChI is InChI=1S/C24H20Cl2N2O3/c1-30-22-12-11-15(13-23(22)31-2)20-14-21(16-7-3-5-9-18(16)25)28(27-20)24(29)17-8-4-6-10-19(17)26/h3-13,21H,14H2,1-2H3/t21-/m0/s1. The van der Waals surface area contributed by atoms with E-state index in [-0.39, 0.29) is 11.9 Å². The number of halogens is 2. The molecule has 1 amide bonds. The number of amides is 1. The third-order valence-electron chi connectivity index (χ3n) is 5.20. The molecule has 1 aliphatic rings. The Morgan fingerprint density at radius 1 is 0.935 bits per heavy atom. The fourth-order valence-corrected chi connectivity index (χ4v) is 4.11. The Kier molecular flexibility index (Phi) is 6.16. The average molecular weight is 455 g/mol. The number of hydrogen-bond acceptors (Lipinski definition) is 4. The fraction of sp³-hybridized carbons (Fsp3) is 0.167. The van der Waals surface area contributed by atoms with Crippen molar-refractivity contribution >= 4 is 34.8 Å². The van der Waals surface area contributed by atoms with Crippen LogP contribution in [0.15, 0.2) is 71.8 Å². The zero-order valence-electron chi connectivity index (χ0n) is 17.0. The first-order valence-corrected chi connectivity index (χ1v) is 10.4. The lowest BCUT2D eigenvalue weighted by molar-refractivity contribution is 0.0711. The molecule has 0 aliphatic carbocycles. The van der Waals surface area contributed by atoms with E-state index < -0.39 is 0 Å². The number of benzene rings is 3. The van der Waals surface area contributed by atoms with Gasteiger partial charge >= 0.3 is 0 Å². The van der Waals surface area contributed by atoms with E-state index in [0.29, 0.717) is 33.5 Å². The molecule has 0 saturated carbocycles. The second-order valence-corrected chi connectivity index (χ2v) is 7.80. The van der Waals surface area contributed by atoms with Gasteiger partial charge in [-0.15, -0.1) is 0 Å². The van der Waals surface area contributed by atoms with Crippen molar-refractivity contribution in [2.75, 3.05) is 14.2 Å². The van der Waals surface area contributed by atoms with Gasteiger partial charge in [0.15, 0.2) is 11.5 Å². The van der Waals surface area contributed by atoms with Crippen LogP contribution in [0, 0.1) is 0 Å². The van der Waals surface area contributed by atoms with Crippen molar-refractivity contribution < 1.29 is 14.3 Å². The summed E-state index contributed by atoms with van der Waals surface area (Å²) in [7, 11) is 3.17. The van der Waals surface area contributed by atoms with Crippen LogP contribution in [0.2, 0.25) is 10.0 Å². The summed E-state index contributed by atoms with van der Waals surface area (Å²) in [4.78, 5) is 13.4. The third kappa shape index (κ3) is 4.11. The van der Waals surface area contributed by atoms with Crippen LogP contribution < -0.4 is 9.47 Å². The first-order valence-electron chi connectivity index (χ1n) is 9.66. The molecule has 5 nitrogen and oxygen atoms in total. The summed E-state index contributed by atoms with van der Waals surface area (Å²) < 4.78 is 10.8. The quantitative estimate of drug-likeness (QED) is 0.474. The minimum atomic E-state index is -0.361. The number of hydrogen-bond donors (Lipinski definition) is 0. The number of methoxy groups -OCH3 is 2. The molecule has 1 atom stereocenters. The maximum Gasteiger partial charge on any atom is 0.276 e. The lowest BCUT2D eigenvalue weighted by atomic mass is 9.97. The molecule has 0 bridgehead atoms. The van der Waals surface area contributed by atoms with E-state index in [1.807, 2.05) is 42.5 Å². The average Bonchev–Trinajstić information content (AvgIpc) is 3.24. The second kappa shape index (κ2) is 9.00. The molecule has 3 aromatic rings. The maximum absolute atomic E-state index is 13.4. The molecule has 31 heavy (non-hydrogen) atoms. The van der Waals surface area contributed by atoms with Crippen LogP contribution in [-0.4, -0.2) is 30.8 Å². The number of hydrazone groups is 1. The number of carbonyl (C=O) groups is 1. The van der Waals surface area contributed by atoms with Crippen LogP contribution >= 0.6 is 23.2 Å². The summed E-state index contributed by atoms with van der Waals surface area (Å²) in [5, 5.41) is 7.11. The molecule has 1 aliphatic heterocycles. The molecular formula is C24H20Cl2N2O3. The lowest BCUT2D eigenvalue weighted by Gasteiger charge is -2.23. The topological polar surface area (TPSA) is 51.1 Å². The van der Waals surface area contributed by atoms with Gasteiger partial charge in [0.05, 0.1) is 36.6 Å². The number of ether oxygens (including phenoxy) is 2. The van der Waals surface area contributed by atoms with E-state index in [2.05, 4.69) is 0 Å². The van der Waals surface area contributed by atoms with E-state index in [9.17, 15) is 4.79 Å². The molecule has 0 spiro atoms. The van der Waals surface area contributed by atoms with E-state index in [1.165, 1.54) is 5.01 Å². The van der Waals surface area contributed by atoms with E-state index in [0.717, 1.165) is 16.8 Å². The monoisotopic (exact) mass is 454 g/mol. The summed E-state index contributed by atoms with van der Waals surface area (Å²) in [6.07, 6.45) is 0.495. The van der Waals surface area contributed by atoms with Gasteiger partial charge in [-0.25, -0.2) is 5.01 Å². The summed E-state index contributed by atoms with van der Waals surface area (Å²) in [6.45, 7) is 0. The van der Waals surface area contributed by atoms with Crippen molar-refractivity contribution in [3.63, 3.8) is 0 Å². The minimum Gasteiger partial charge on any atom is -0.493 e. The molecule has 158 valence electrons. The molecule has 0 radical (unpaired) electrons. The predicted octanol–water partition coefficient (Wildman–Crippen LogP) is 6.00. The lowest BCUT2D eigenvalue weighted by Crippen LogP contribution is -2.27. The third-order valence-corrected chi connectivity index (χ3v) is 5.88. The zero-order chi connectivity index (χ0) is 22.0. The van der Waals surface area contributed by atoms with Crippen LogP contribution in [0.5, 0.6) is 11.5 Å². The highest BCUT2D eigenvalue weighted by Gasteiger charge is 2.35. The summed E-state index contributed by atoms with van der Waals surface area (Å²) in [6, 6.07) is 19.6. The molecule has 0 N–H and O–H groups in total. The van der Waals surface area contributed by atoms with Crippen LogP contribution in [0.1, 0.15) is 33.9 Å². The Morgan fingerprint density at radius 2 is 1.61 bits per heavy atom. The highest BCUT2D eigenvalue weighted by molar-refractivity contribution is 6.34. The maximum atomic E-state index is 13.4. The molecule has 0 unspecified atom stereocenters. The molecule has 0 fully saturated rings. The molecule has 1 heterocycles. The smallest absolute Gasteiger partial charge is 0.276 e. The molecule has 0 saturated heterocycles. The Hall–Kier alpha value is -3.02. The van der Waals surface area contributed by atoms with Crippen LogP contribution in [-0.2, 0) is 0 Å². The zero-order valence-corrected chi connectivity index (χ0v) is 18.5. The first-order chi connectivity index (χ1) is 15.0. The van der Waals surface area contributed by atoms with Gasteiger partial charge in [-0.05, 0) is 42.0 Å². The highest BCUT2D eigenvalue weighted by atomic mass is 35.5. The Balaban J connectivity index is 1.78. The molecule has 0 aromatic heterocycles. The van der Waals surface area contributed by atoms with Crippen LogP contribution in [0.25, 0.3) is 0 Å². The van der Waals surface area contributed by atoms with Gasteiger partial charge in [0.2, 0.25) is 0 Å². The predicted molar refractivity (Wildman–Crippen MR) is 123 cm³/mol. The minimum absolute atomic E-state index is 0.286. The fourth-order valence-electron chi connectivity index (χ4n) is 3.63. The van der Waals surface area contributed by atoms with Gasteiger partial charge < -0.3 is 9.47 Å².